The highest BCUT2D eigenvalue weighted by Gasteiger charge is 2.18. The summed E-state index contributed by atoms with van der Waals surface area (Å²) in [5, 5.41) is 4.22. The smallest absolute Gasteiger partial charge is 0.358 e. The average molecular weight is 404 g/mol. The van der Waals surface area contributed by atoms with Crippen molar-refractivity contribution in [2.75, 3.05) is 18.0 Å². The van der Waals surface area contributed by atoms with E-state index in [2.05, 4.69) is 25.9 Å². The number of anilines is 2. The molecule has 10 heteroatoms. The van der Waals surface area contributed by atoms with Crippen LogP contribution in [0.4, 0.5) is 11.7 Å². The van der Waals surface area contributed by atoms with Crippen LogP contribution < -0.4 is 10.9 Å². The fraction of sp³-hybridized carbons (Fsp3) is 0.100. The Hall–Kier alpha value is -4.34. The fourth-order valence-electron chi connectivity index (χ4n) is 3.05. The summed E-state index contributed by atoms with van der Waals surface area (Å²) < 4.78 is 17.6. The van der Waals surface area contributed by atoms with Gasteiger partial charge in [-0.3, -0.25) is 10.9 Å². The lowest BCUT2D eigenvalue weighted by atomic mass is 10.3. The number of methoxy groups -OCH3 is 1. The second kappa shape index (κ2) is 6.92. The number of hydrogen-bond acceptors (Lipinski definition) is 9. The number of carbonyl (C=O) groups excluding carboxylic acids is 1. The molecule has 0 radical (unpaired) electrons. The SMILES string of the molecule is COC(=O)c1cc(C)n(-c2nc3c(NNc4nc5ccccc5o4)cccc3o2)n1. The second-order valence-corrected chi connectivity index (χ2v) is 6.46. The third-order valence-electron chi connectivity index (χ3n) is 4.47. The first-order valence-electron chi connectivity index (χ1n) is 9.05. The van der Waals surface area contributed by atoms with Crippen LogP contribution in [-0.4, -0.2) is 32.8 Å². The Morgan fingerprint density at radius 1 is 1.03 bits per heavy atom. The Morgan fingerprint density at radius 2 is 1.87 bits per heavy atom. The third-order valence-corrected chi connectivity index (χ3v) is 4.47. The quantitative estimate of drug-likeness (QED) is 0.334. The molecule has 0 unspecified atom stereocenters. The maximum atomic E-state index is 11.7. The van der Waals surface area contributed by atoms with Crippen molar-refractivity contribution in [3.05, 3.63) is 59.9 Å². The minimum atomic E-state index is -0.530. The number of hydrogen-bond donors (Lipinski definition) is 2. The number of carbonyl (C=O) groups is 1. The van der Waals surface area contributed by atoms with Gasteiger partial charge in [-0.25, -0.2) is 4.79 Å². The number of oxazole rings is 2. The van der Waals surface area contributed by atoms with Crippen LogP contribution >= 0.6 is 0 Å². The fourth-order valence-corrected chi connectivity index (χ4v) is 3.05. The number of ether oxygens (including phenoxy) is 1. The van der Waals surface area contributed by atoms with Crippen molar-refractivity contribution in [1.29, 1.82) is 0 Å². The number of esters is 1. The van der Waals surface area contributed by atoms with Gasteiger partial charge in [-0.05, 0) is 37.3 Å². The highest BCUT2D eigenvalue weighted by Crippen LogP contribution is 2.26. The molecule has 150 valence electrons. The average Bonchev–Trinajstić information content (AvgIpc) is 3.47. The Morgan fingerprint density at radius 3 is 2.70 bits per heavy atom. The number of aryl methyl sites for hydroxylation is 1. The van der Waals surface area contributed by atoms with Crippen molar-refractivity contribution in [1.82, 2.24) is 19.7 Å². The van der Waals surface area contributed by atoms with E-state index in [9.17, 15) is 4.79 Å². The van der Waals surface area contributed by atoms with Crippen LogP contribution in [-0.2, 0) is 4.74 Å². The summed E-state index contributed by atoms with van der Waals surface area (Å²) in [7, 11) is 1.30. The molecule has 2 N–H and O–H groups in total. The molecule has 30 heavy (non-hydrogen) atoms. The predicted molar refractivity (Wildman–Crippen MR) is 108 cm³/mol. The molecule has 5 aromatic rings. The van der Waals surface area contributed by atoms with Gasteiger partial charge in [-0.1, -0.05) is 18.2 Å². The number of benzene rings is 2. The number of fused-ring (bicyclic) bond motifs is 2. The zero-order valence-corrected chi connectivity index (χ0v) is 16.0. The van der Waals surface area contributed by atoms with Gasteiger partial charge in [0.05, 0.1) is 12.8 Å². The molecule has 2 aromatic carbocycles. The lowest BCUT2D eigenvalue weighted by Gasteiger charge is -2.05. The van der Waals surface area contributed by atoms with Gasteiger partial charge in [0.1, 0.15) is 11.0 Å². The molecule has 0 aliphatic heterocycles. The van der Waals surface area contributed by atoms with Gasteiger partial charge in [-0.15, -0.1) is 0 Å². The van der Waals surface area contributed by atoms with Crippen molar-refractivity contribution in [2.24, 2.45) is 0 Å². The molecule has 0 fully saturated rings. The lowest BCUT2D eigenvalue weighted by molar-refractivity contribution is 0.0593. The Bertz CT molecular complexity index is 1350. The summed E-state index contributed by atoms with van der Waals surface area (Å²) in [6.45, 7) is 1.79. The maximum Gasteiger partial charge on any atom is 0.358 e. The highest BCUT2D eigenvalue weighted by molar-refractivity contribution is 5.88. The second-order valence-electron chi connectivity index (χ2n) is 6.46. The summed E-state index contributed by atoms with van der Waals surface area (Å²) in [6, 6.07) is 15.1. The van der Waals surface area contributed by atoms with E-state index in [-0.39, 0.29) is 11.7 Å². The number of nitrogens with zero attached hydrogens (tertiary/aromatic N) is 4. The minimum Gasteiger partial charge on any atom is -0.464 e. The lowest BCUT2D eigenvalue weighted by Crippen LogP contribution is -2.09. The Labute approximate surface area is 169 Å². The van der Waals surface area contributed by atoms with Crippen LogP contribution in [0.15, 0.2) is 57.4 Å². The van der Waals surface area contributed by atoms with E-state index in [1.165, 1.54) is 11.8 Å². The van der Waals surface area contributed by atoms with Gasteiger partial charge in [0.25, 0.3) is 0 Å². The highest BCUT2D eigenvalue weighted by atomic mass is 16.5. The van der Waals surface area contributed by atoms with Crippen molar-refractivity contribution in [2.45, 2.75) is 6.92 Å². The number of nitrogens with one attached hydrogen (secondary N) is 2. The Balaban J connectivity index is 1.45. The van der Waals surface area contributed by atoms with E-state index in [4.69, 9.17) is 13.6 Å². The molecular weight excluding hydrogens is 388 g/mol. The van der Waals surface area contributed by atoms with Crippen LogP contribution in [0.3, 0.4) is 0 Å². The van der Waals surface area contributed by atoms with Gasteiger partial charge in [-0.2, -0.15) is 19.7 Å². The number of hydrazine groups is 1. The molecule has 0 aliphatic carbocycles. The van der Waals surface area contributed by atoms with Crippen LogP contribution in [0.1, 0.15) is 16.2 Å². The summed E-state index contributed by atoms with van der Waals surface area (Å²) in [6.07, 6.45) is 0. The molecule has 0 spiro atoms. The topological polar surface area (TPSA) is 120 Å². The van der Waals surface area contributed by atoms with Gasteiger partial charge >= 0.3 is 18.0 Å². The number of rotatable bonds is 5. The molecule has 0 saturated heterocycles. The first kappa shape index (κ1) is 17.7. The molecule has 0 aliphatic rings. The molecular formula is C20H16N6O4. The van der Waals surface area contributed by atoms with E-state index >= 15 is 0 Å². The van der Waals surface area contributed by atoms with Gasteiger partial charge < -0.3 is 13.6 Å². The summed E-state index contributed by atoms with van der Waals surface area (Å²) in [4.78, 5) is 20.6. The Kier molecular flexibility index (Phi) is 4.09. The van der Waals surface area contributed by atoms with E-state index in [1.54, 1.807) is 19.1 Å². The molecule has 0 saturated carbocycles. The van der Waals surface area contributed by atoms with Gasteiger partial charge in [0.15, 0.2) is 16.9 Å². The number of para-hydroxylation sites is 3. The molecule has 3 heterocycles. The zero-order chi connectivity index (χ0) is 20.7. The van der Waals surface area contributed by atoms with Crippen molar-refractivity contribution in [3.63, 3.8) is 0 Å². The van der Waals surface area contributed by atoms with Crippen LogP contribution in [0.2, 0.25) is 0 Å². The van der Waals surface area contributed by atoms with Crippen LogP contribution in [0.5, 0.6) is 0 Å². The van der Waals surface area contributed by atoms with Crippen molar-refractivity contribution < 1.29 is 18.4 Å². The largest absolute Gasteiger partial charge is 0.464 e. The third kappa shape index (κ3) is 3.00. The van der Waals surface area contributed by atoms with Crippen LogP contribution in [0.25, 0.3) is 28.2 Å². The molecule has 0 amide bonds. The van der Waals surface area contributed by atoms with E-state index in [0.29, 0.717) is 34.1 Å². The van der Waals surface area contributed by atoms with E-state index in [1.807, 2.05) is 36.4 Å². The van der Waals surface area contributed by atoms with E-state index in [0.717, 1.165) is 5.52 Å². The van der Waals surface area contributed by atoms with Crippen molar-refractivity contribution in [3.8, 4) is 6.01 Å². The first-order valence-corrected chi connectivity index (χ1v) is 9.05. The zero-order valence-electron chi connectivity index (χ0n) is 16.0. The van der Waals surface area contributed by atoms with Crippen molar-refractivity contribution >= 4 is 39.9 Å². The summed E-state index contributed by atoms with van der Waals surface area (Å²) in [5.74, 6) is -0.530. The van der Waals surface area contributed by atoms with Gasteiger partial charge in [0.2, 0.25) is 0 Å². The summed E-state index contributed by atoms with van der Waals surface area (Å²) >= 11 is 0. The summed E-state index contributed by atoms with van der Waals surface area (Å²) in [5.41, 5.74) is 10.0. The normalized spacial score (nSPS) is 11.1. The monoisotopic (exact) mass is 404 g/mol. The standard InChI is InChI=1S/C20H16N6O4/c1-11-10-14(18(27)28-2)25-26(11)20-22-17-13(7-5-9-16(17)30-20)23-24-19-21-12-6-3-4-8-15(12)29-19/h3-10,23H,1-2H3,(H,21,24). The molecule has 3 aromatic heterocycles. The molecule has 0 atom stereocenters. The molecule has 5 rings (SSSR count). The first-order chi connectivity index (χ1) is 14.6. The maximum absolute atomic E-state index is 11.7. The molecule has 10 nitrogen and oxygen atoms in total. The van der Waals surface area contributed by atoms with E-state index < -0.39 is 5.97 Å². The minimum absolute atomic E-state index is 0.174. The molecule has 0 bridgehead atoms. The number of aromatic nitrogens is 4. The van der Waals surface area contributed by atoms with Crippen LogP contribution in [0, 0.1) is 6.92 Å². The predicted octanol–water partition coefficient (Wildman–Crippen LogP) is 3.69. The van der Waals surface area contributed by atoms with Gasteiger partial charge in [0, 0.05) is 5.69 Å².